The van der Waals surface area contributed by atoms with E-state index in [0.29, 0.717) is 38.6 Å². The van der Waals surface area contributed by atoms with E-state index in [4.69, 9.17) is 4.74 Å². The third-order valence-electron chi connectivity index (χ3n) is 4.78. The maximum absolute atomic E-state index is 12.8. The summed E-state index contributed by atoms with van der Waals surface area (Å²) in [6.45, 7) is 6.29. The van der Waals surface area contributed by atoms with Gasteiger partial charge in [-0.1, -0.05) is 0 Å². The van der Waals surface area contributed by atoms with Crippen LogP contribution in [-0.2, 0) is 9.53 Å². The van der Waals surface area contributed by atoms with Crippen molar-refractivity contribution in [2.45, 2.75) is 19.8 Å². The lowest BCUT2D eigenvalue weighted by Crippen LogP contribution is -2.48. The van der Waals surface area contributed by atoms with Crippen LogP contribution in [0.25, 0.3) is 5.78 Å². The van der Waals surface area contributed by atoms with E-state index >= 15 is 0 Å². The number of aryl methyl sites for hydroxylation is 1. The molecule has 8 heteroatoms. The van der Waals surface area contributed by atoms with Crippen molar-refractivity contribution in [3.63, 3.8) is 0 Å². The predicted octanol–water partition coefficient (Wildman–Crippen LogP) is 0.508. The van der Waals surface area contributed by atoms with Crippen LogP contribution in [0.3, 0.4) is 0 Å². The number of carbonyl (C=O) groups excluding carboxylic acids is 1. The summed E-state index contributed by atoms with van der Waals surface area (Å²) in [5.74, 6) is 1.86. The molecule has 24 heavy (non-hydrogen) atoms. The van der Waals surface area contributed by atoms with Crippen molar-refractivity contribution < 1.29 is 9.53 Å². The Morgan fingerprint density at radius 3 is 2.96 bits per heavy atom. The maximum Gasteiger partial charge on any atom is 0.254 e. The lowest BCUT2D eigenvalue weighted by atomic mass is 9.96. The molecule has 0 aliphatic carbocycles. The van der Waals surface area contributed by atoms with Gasteiger partial charge in [-0.15, -0.1) is 0 Å². The summed E-state index contributed by atoms with van der Waals surface area (Å²) in [6.07, 6.45) is 3.46. The number of nitrogens with zero attached hydrogens (tertiary/aromatic N) is 6. The molecule has 0 radical (unpaired) electrons. The van der Waals surface area contributed by atoms with Crippen molar-refractivity contribution in [2.75, 3.05) is 44.3 Å². The third-order valence-corrected chi connectivity index (χ3v) is 4.78. The highest BCUT2D eigenvalue weighted by Gasteiger charge is 2.31. The van der Waals surface area contributed by atoms with Crippen LogP contribution in [0.1, 0.15) is 18.5 Å². The van der Waals surface area contributed by atoms with Gasteiger partial charge in [0.05, 0.1) is 19.1 Å². The van der Waals surface area contributed by atoms with Crippen molar-refractivity contribution in [1.82, 2.24) is 24.5 Å². The summed E-state index contributed by atoms with van der Waals surface area (Å²) in [6, 6.07) is 2.02. The summed E-state index contributed by atoms with van der Waals surface area (Å²) in [4.78, 5) is 25.6. The van der Waals surface area contributed by atoms with E-state index in [9.17, 15) is 4.79 Å². The molecule has 2 saturated heterocycles. The van der Waals surface area contributed by atoms with Gasteiger partial charge in [0.1, 0.15) is 12.1 Å². The van der Waals surface area contributed by atoms with Crippen LogP contribution < -0.4 is 4.90 Å². The van der Waals surface area contributed by atoms with E-state index in [1.165, 1.54) is 6.33 Å². The molecule has 0 spiro atoms. The van der Waals surface area contributed by atoms with Gasteiger partial charge < -0.3 is 14.5 Å². The summed E-state index contributed by atoms with van der Waals surface area (Å²) < 4.78 is 7.11. The second kappa shape index (κ2) is 6.35. The second-order valence-electron chi connectivity index (χ2n) is 6.45. The number of ether oxygens (including phenoxy) is 1. The number of carbonyl (C=O) groups is 1. The van der Waals surface area contributed by atoms with Crippen LogP contribution in [0.15, 0.2) is 12.4 Å². The summed E-state index contributed by atoms with van der Waals surface area (Å²) in [5, 5.41) is 4.28. The summed E-state index contributed by atoms with van der Waals surface area (Å²) in [5.41, 5.74) is 0.909. The van der Waals surface area contributed by atoms with Gasteiger partial charge in [0.15, 0.2) is 0 Å². The van der Waals surface area contributed by atoms with Crippen molar-refractivity contribution in [3.05, 3.63) is 18.1 Å². The largest absolute Gasteiger partial charge is 0.378 e. The molecule has 0 saturated carbocycles. The van der Waals surface area contributed by atoms with Crippen LogP contribution in [-0.4, -0.2) is 69.8 Å². The highest BCUT2D eigenvalue weighted by Crippen LogP contribution is 2.25. The number of fused-ring (bicyclic) bond motifs is 1. The zero-order chi connectivity index (χ0) is 16.5. The van der Waals surface area contributed by atoms with Gasteiger partial charge in [0, 0.05) is 37.9 Å². The third kappa shape index (κ3) is 2.82. The molecule has 4 rings (SSSR count). The molecule has 1 unspecified atom stereocenters. The minimum Gasteiger partial charge on any atom is -0.378 e. The Kier molecular flexibility index (Phi) is 4.05. The molecular weight excluding hydrogens is 308 g/mol. The zero-order valence-corrected chi connectivity index (χ0v) is 13.9. The standard InChI is InChI=1S/C16H22N6O2/c1-12-9-14(22-16(19-12)17-11-18-22)21-4-2-3-13(10-21)15(23)20-5-7-24-8-6-20/h9,11,13H,2-8,10H2,1H3. The smallest absolute Gasteiger partial charge is 0.254 e. The maximum atomic E-state index is 12.8. The van der Waals surface area contributed by atoms with E-state index in [-0.39, 0.29) is 11.8 Å². The van der Waals surface area contributed by atoms with Crippen LogP contribution in [0, 0.1) is 12.8 Å². The molecule has 0 N–H and O–H groups in total. The van der Waals surface area contributed by atoms with Gasteiger partial charge in [-0.2, -0.15) is 14.6 Å². The number of anilines is 1. The van der Waals surface area contributed by atoms with Crippen molar-refractivity contribution >= 4 is 17.5 Å². The average molecular weight is 330 g/mol. The monoisotopic (exact) mass is 330 g/mol. The molecule has 1 amide bonds. The number of piperidine rings is 1. The van der Waals surface area contributed by atoms with Gasteiger partial charge in [0.25, 0.3) is 5.78 Å². The van der Waals surface area contributed by atoms with Gasteiger partial charge in [-0.25, -0.2) is 4.98 Å². The first-order chi connectivity index (χ1) is 11.7. The average Bonchev–Trinajstić information content (AvgIpc) is 3.09. The molecular formula is C16H22N6O2. The minimum atomic E-state index is 0.0314. The van der Waals surface area contributed by atoms with Gasteiger partial charge in [0.2, 0.25) is 5.91 Å². The normalized spacial score (nSPS) is 22.1. The molecule has 2 aromatic heterocycles. The van der Waals surface area contributed by atoms with Crippen LogP contribution >= 0.6 is 0 Å². The number of hydrogen-bond acceptors (Lipinski definition) is 6. The van der Waals surface area contributed by atoms with Gasteiger partial charge >= 0.3 is 0 Å². The quantitative estimate of drug-likeness (QED) is 0.798. The van der Waals surface area contributed by atoms with E-state index in [1.807, 2.05) is 17.9 Å². The molecule has 0 bridgehead atoms. The fraction of sp³-hybridized carbons (Fsp3) is 0.625. The Balaban J connectivity index is 1.55. The first-order valence-corrected chi connectivity index (χ1v) is 8.51. The number of aromatic nitrogens is 4. The van der Waals surface area contributed by atoms with Crippen molar-refractivity contribution in [2.24, 2.45) is 5.92 Å². The molecule has 2 aliphatic heterocycles. The Hall–Kier alpha value is -2.22. The van der Waals surface area contributed by atoms with Crippen molar-refractivity contribution in [3.8, 4) is 0 Å². The second-order valence-corrected chi connectivity index (χ2v) is 6.45. The SMILES string of the molecule is Cc1cc(N2CCCC(C(=O)N3CCOCC3)C2)n2ncnc2n1. The molecule has 8 nitrogen and oxygen atoms in total. The van der Waals surface area contributed by atoms with Crippen LogP contribution in [0.2, 0.25) is 0 Å². The first kappa shape index (κ1) is 15.3. The van der Waals surface area contributed by atoms with Gasteiger partial charge in [-0.3, -0.25) is 4.79 Å². The zero-order valence-electron chi connectivity index (χ0n) is 13.9. The van der Waals surface area contributed by atoms with E-state index in [0.717, 1.165) is 30.9 Å². The topological polar surface area (TPSA) is 75.9 Å². The molecule has 0 aromatic carbocycles. The highest BCUT2D eigenvalue weighted by molar-refractivity contribution is 5.80. The molecule has 2 fully saturated rings. The number of morpholine rings is 1. The molecule has 4 heterocycles. The van der Waals surface area contributed by atoms with E-state index in [2.05, 4.69) is 20.0 Å². The molecule has 1 atom stereocenters. The molecule has 2 aliphatic rings. The van der Waals surface area contributed by atoms with E-state index < -0.39 is 0 Å². The number of rotatable bonds is 2. The fourth-order valence-corrected chi connectivity index (χ4v) is 3.57. The summed E-state index contributed by atoms with van der Waals surface area (Å²) in [7, 11) is 0. The lowest BCUT2D eigenvalue weighted by molar-refractivity contribution is -0.139. The number of hydrogen-bond donors (Lipinski definition) is 0. The van der Waals surface area contributed by atoms with Crippen LogP contribution in [0.4, 0.5) is 5.82 Å². The Bertz CT molecular complexity index is 739. The first-order valence-electron chi connectivity index (χ1n) is 8.51. The highest BCUT2D eigenvalue weighted by atomic mass is 16.5. The van der Waals surface area contributed by atoms with Gasteiger partial charge in [-0.05, 0) is 19.8 Å². The predicted molar refractivity (Wildman–Crippen MR) is 87.9 cm³/mol. The Morgan fingerprint density at radius 2 is 2.12 bits per heavy atom. The fourth-order valence-electron chi connectivity index (χ4n) is 3.57. The number of amides is 1. The molecule has 128 valence electrons. The Labute approximate surface area is 140 Å². The van der Waals surface area contributed by atoms with Crippen LogP contribution in [0.5, 0.6) is 0 Å². The van der Waals surface area contributed by atoms with E-state index in [1.54, 1.807) is 4.52 Å². The Morgan fingerprint density at radius 1 is 1.29 bits per heavy atom. The lowest BCUT2D eigenvalue weighted by Gasteiger charge is -2.37. The molecule has 2 aromatic rings. The summed E-state index contributed by atoms with van der Waals surface area (Å²) >= 11 is 0. The minimum absolute atomic E-state index is 0.0314. The van der Waals surface area contributed by atoms with Crippen molar-refractivity contribution in [1.29, 1.82) is 0 Å².